The Kier molecular flexibility index (Phi) is 1.53. The van der Waals surface area contributed by atoms with Crippen LogP contribution in [-0.4, -0.2) is 16.9 Å². The molecule has 0 atom stereocenters. The van der Waals surface area contributed by atoms with Crippen LogP contribution in [0, 0.1) is 0 Å². The van der Waals surface area contributed by atoms with Crippen molar-refractivity contribution >= 4 is 21.2 Å². The van der Waals surface area contributed by atoms with Crippen molar-refractivity contribution in [2.45, 2.75) is 0 Å². The zero-order valence-corrected chi connectivity index (χ0v) is 5.71. The Labute approximate surface area is 52.1 Å². The molecule has 0 saturated carbocycles. The summed E-state index contributed by atoms with van der Waals surface area (Å²) in [7, 11) is 0. The Morgan fingerprint density at radius 1 is 1.00 bits per heavy atom. The maximum absolute atomic E-state index is 2.49. The van der Waals surface area contributed by atoms with E-state index in [-0.39, 0.29) is 0 Å². The predicted molar refractivity (Wildman–Crippen MR) is 31.8 cm³/mol. The number of hydrogen-bond acceptors (Lipinski definition) is 0. The van der Waals surface area contributed by atoms with Gasteiger partial charge in [-0.25, -0.2) is 0 Å². The van der Waals surface area contributed by atoms with Gasteiger partial charge in [0.15, 0.2) is 0 Å². The Balaban J connectivity index is 3.02. The van der Waals surface area contributed by atoms with Crippen molar-refractivity contribution in [2.75, 3.05) is 0 Å². The molecule has 0 unspecified atom stereocenters. The van der Waals surface area contributed by atoms with Crippen LogP contribution in [0.15, 0.2) is 30.3 Å². The monoisotopic (exact) mass is 152 g/mol. The molecule has 0 amide bonds. The van der Waals surface area contributed by atoms with Gasteiger partial charge in [0.25, 0.3) is 0 Å². The molecule has 0 aliphatic rings. The third kappa shape index (κ3) is 1.36. The van der Waals surface area contributed by atoms with Gasteiger partial charge >= 0.3 is 51.5 Å². The van der Waals surface area contributed by atoms with Gasteiger partial charge < -0.3 is 0 Å². The minimum absolute atomic E-state index is 1.26. The van der Waals surface area contributed by atoms with E-state index in [1.807, 2.05) is 18.2 Å². The van der Waals surface area contributed by atoms with Crippen molar-refractivity contribution in [2.24, 2.45) is 0 Å². The van der Waals surface area contributed by atoms with Crippen LogP contribution in [0.3, 0.4) is 0 Å². The molecule has 0 aliphatic heterocycles. The van der Waals surface area contributed by atoms with Crippen LogP contribution < -0.4 is 4.35 Å². The molecule has 1 heteroatoms. The van der Waals surface area contributed by atoms with E-state index in [0.29, 0.717) is 0 Å². The molecule has 1 aromatic carbocycles. The van der Waals surface area contributed by atoms with E-state index in [9.17, 15) is 0 Å². The van der Waals surface area contributed by atoms with Crippen LogP contribution in [0.1, 0.15) is 0 Å². The molecule has 0 bridgehead atoms. The molecule has 1 rings (SSSR count). The standard InChI is InChI=1S/C6H5As/c7-6-4-2-1-3-5-6/h1-5H. The first-order valence-corrected chi connectivity index (χ1v) is 3.07. The summed E-state index contributed by atoms with van der Waals surface area (Å²) in [6, 6.07) is 10.2. The molecule has 0 aromatic heterocycles. The minimum atomic E-state index is 1.26. The molecule has 0 nitrogen and oxygen atoms in total. The van der Waals surface area contributed by atoms with E-state index in [2.05, 4.69) is 29.0 Å². The van der Waals surface area contributed by atoms with Gasteiger partial charge in [0.2, 0.25) is 0 Å². The molecule has 7 heavy (non-hydrogen) atoms. The number of hydrogen-bond donors (Lipinski definition) is 0. The van der Waals surface area contributed by atoms with Gasteiger partial charge in [-0.2, -0.15) is 0 Å². The molecular formula is C6H5As. The van der Waals surface area contributed by atoms with Gasteiger partial charge in [0, 0.05) is 0 Å². The molecule has 0 aliphatic carbocycles. The summed E-state index contributed by atoms with van der Waals surface area (Å²) in [6.07, 6.45) is 0. The van der Waals surface area contributed by atoms with Crippen molar-refractivity contribution in [3.63, 3.8) is 0 Å². The van der Waals surface area contributed by atoms with Crippen molar-refractivity contribution in [3.05, 3.63) is 30.3 Å². The van der Waals surface area contributed by atoms with E-state index < -0.39 is 0 Å². The second kappa shape index (κ2) is 2.18. The quantitative estimate of drug-likeness (QED) is 0.474. The van der Waals surface area contributed by atoms with Gasteiger partial charge in [0.05, 0.1) is 0 Å². The first-order valence-electron chi connectivity index (χ1n) is 2.13. The molecule has 0 saturated heterocycles. The molecule has 0 fully saturated rings. The van der Waals surface area contributed by atoms with Crippen molar-refractivity contribution < 1.29 is 0 Å². The Morgan fingerprint density at radius 3 is 1.86 bits per heavy atom. The van der Waals surface area contributed by atoms with E-state index >= 15 is 0 Å². The maximum atomic E-state index is 2.49. The molecule has 0 heterocycles. The first-order chi connectivity index (χ1) is 3.39. The van der Waals surface area contributed by atoms with E-state index in [1.165, 1.54) is 4.35 Å². The summed E-state index contributed by atoms with van der Waals surface area (Å²) in [5, 5.41) is 0. The SMILES string of the molecule is [As]c1ccccc1. The van der Waals surface area contributed by atoms with Crippen LogP contribution >= 0.6 is 0 Å². The molecule has 0 N–H and O–H groups in total. The Morgan fingerprint density at radius 2 is 1.57 bits per heavy atom. The second-order valence-corrected chi connectivity index (χ2v) is 2.42. The van der Waals surface area contributed by atoms with E-state index in [0.717, 1.165) is 0 Å². The topological polar surface area (TPSA) is 0 Å². The summed E-state index contributed by atoms with van der Waals surface area (Å²) in [6.45, 7) is 0. The fraction of sp³-hybridized carbons (Fsp3) is 0. The summed E-state index contributed by atoms with van der Waals surface area (Å²) in [4.78, 5) is 0. The van der Waals surface area contributed by atoms with Gasteiger partial charge in [-0.15, -0.1) is 0 Å². The summed E-state index contributed by atoms with van der Waals surface area (Å²) in [5.41, 5.74) is 0. The van der Waals surface area contributed by atoms with Gasteiger partial charge in [0.1, 0.15) is 0 Å². The van der Waals surface area contributed by atoms with E-state index in [1.54, 1.807) is 0 Å². The fourth-order valence-electron chi connectivity index (χ4n) is 0.428. The van der Waals surface area contributed by atoms with Crippen molar-refractivity contribution in [3.8, 4) is 0 Å². The van der Waals surface area contributed by atoms with Crippen LogP contribution in [0.5, 0.6) is 0 Å². The second-order valence-electron chi connectivity index (χ2n) is 1.34. The number of benzene rings is 1. The van der Waals surface area contributed by atoms with Gasteiger partial charge in [-0.05, 0) is 0 Å². The van der Waals surface area contributed by atoms with Crippen molar-refractivity contribution in [1.29, 1.82) is 0 Å². The van der Waals surface area contributed by atoms with Crippen LogP contribution in [-0.2, 0) is 0 Å². The number of rotatable bonds is 0. The summed E-state index contributed by atoms with van der Waals surface area (Å²) in [5.74, 6) is 0. The van der Waals surface area contributed by atoms with Gasteiger partial charge in [-0.3, -0.25) is 0 Å². The molecule has 1 aromatic rings. The summed E-state index contributed by atoms with van der Waals surface area (Å²) < 4.78 is 1.26. The fourth-order valence-corrected chi connectivity index (χ4v) is 0.789. The zero-order valence-electron chi connectivity index (χ0n) is 3.83. The van der Waals surface area contributed by atoms with Crippen LogP contribution in [0.25, 0.3) is 0 Å². The molecular weight excluding hydrogens is 147 g/mol. The Bertz CT molecular complexity index is 134. The predicted octanol–water partition coefficient (Wildman–Crippen LogP) is 0.480. The first kappa shape index (κ1) is 4.93. The average Bonchev–Trinajstić information content (AvgIpc) is 1.69. The third-order valence-corrected chi connectivity index (χ3v) is 1.38. The summed E-state index contributed by atoms with van der Waals surface area (Å²) >= 11 is 2.49. The average molecular weight is 152 g/mol. The molecule has 2 radical (unpaired) electrons. The zero-order chi connectivity index (χ0) is 5.11. The Hall–Kier alpha value is -0.222. The van der Waals surface area contributed by atoms with Crippen LogP contribution in [0.4, 0.5) is 0 Å². The molecule has 34 valence electrons. The van der Waals surface area contributed by atoms with E-state index in [4.69, 9.17) is 0 Å². The van der Waals surface area contributed by atoms with Crippen molar-refractivity contribution in [1.82, 2.24) is 0 Å². The van der Waals surface area contributed by atoms with Crippen LogP contribution in [0.2, 0.25) is 0 Å². The molecule has 0 spiro atoms. The normalized spacial score (nSPS) is 8.71. The van der Waals surface area contributed by atoms with Gasteiger partial charge in [-0.1, -0.05) is 0 Å². The third-order valence-electron chi connectivity index (χ3n) is 0.756.